The molecule has 1 unspecified atom stereocenters. The highest BCUT2D eigenvalue weighted by molar-refractivity contribution is 5.88. The minimum Gasteiger partial charge on any atom is -0.481 e. The number of Topliss-reactive ketones (excluding diaryl/α,β-unsaturated/α-hetero) is 1. The van der Waals surface area contributed by atoms with Crippen molar-refractivity contribution >= 4 is 23.6 Å². The average molecular weight is 370 g/mol. The number of carbonyl (C=O) groups excluding carboxylic acids is 3. The van der Waals surface area contributed by atoms with Gasteiger partial charge in [0.25, 0.3) is 0 Å². The smallest absolute Gasteiger partial charge is 0.304 e. The van der Waals surface area contributed by atoms with Crippen molar-refractivity contribution in [3.05, 3.63) is 0 Å². The zero-order valence-corrected chi connectivity index (χ0v) is 16.9. The molecule has 0 fully saturated rings. The Labute approximate surface area is 156 Å². The Balaban J connectivity index is 4.16. The fourth-order valence-electron chi connectivity index (χ4n) is 2.33. The third kappa shape index (κ3) is 10.2. The SMILES string of the molecule is CC(C)(C)C(=O)CCCCNC(=O)CNC(=O)C(CC(=O)O)C(C)(C)C. The van der Waals surface area contributed by atoms with E-state index in [1.54, 1.807) is 20.8 Å². The van der Waals surface area contributed by atoms with Crippen LogP contribution >= 0.6 is 0 Å². The summed E-state index contributed by atoms with van der Waals surface area (Å²) in [6.45, 7) is 11.3. The summed E-state index contributed by atoms with van der Waals surface area (Å²) >= 11 is 0. The van der Waals surface area contributed by atoms with Crippen molar-refractivity contribution in [2.24, 2.45) is 16.7 Å². The predicted octanol–water partition coefficient (Wildman–Crippen LogP) is 2.14. The van der Waals surface area contributed by atoms with Crippen molar-refractivity contribution in [3.8, 4) is 0 Å². The van der Waals surface area contributed by atoms with Crippen LogP contribution < -0.4 is 10.6 Å². The van der Waals surface area contributed by atoms with Crippen molar-refractivity contribution in [2.45, 2.75) is 67.2 Å². The van der Waals surface area contributed by atoms with E-state index in [4.69, 9.17) is 5.11 Å². The molecule has 0 heterocycles. The van der Waals surface area contributed by atoms with E-state index in [1.165, 1.54) is 0 Å². The van der Waals surface area contributed by atoms with Gasteiger partial charge in [-0.05, 0) is 18.3 Å². The van der Waals surface area contributed by atoms with Gasteiger partial charge in [-0.15, -0.1) is 0 Å². The van der Waals surface area contributed by atoms with Gasteiger partial charge < -0.3 is 15.7 Å². The highest BCUT2D eigenvalue weighted by atomic mass is 16.4. The number of aliphatic carboxylic acids is 1. The summed E-state index contributed by atoms with van der Waals surface area (Å²) in [5.41, 5.74) is -0.856. The molecule has 1 atom stereocenters. The number of hydrogen-bond donors (Lipinski definition) is 3. The number of ketones is 1. The molecule has 3 N–H and O–H groups in total. The topological polar surface area (TPSA) is 113 Å². The van der Waals surface area contributed by atoms with Gasteiger partial charge in [0, 0.05) is 18.4 Å². The summed E-state index contributed by atoms with van der Waals surface area (Å²) in [5.74, 6) is -2.33. The number of unbranched alkanes of at least 4 members (excludes halogenated alkanes) is 1. The minimum atomic E-state index is -1.05. The molecule has 0 aliphatic carbocycles. The normalized spacial score (nSPS) is 13.0. The minimum absolute atomic E-state index is 0.189. The van der Waals surface area contributed by atoms with Crippen LogP contribution in [0.15, 0.2) is 0 Å². The number of carboxylic acid groups (broad SMARTS) is 1. The van der Waals surface area contributed by atoms with E-state index in [1.807, 2.05) is 20.8 Å². The van der Waals surface area contributed by atoms with E-state index in [0.29, 0.717) is 25.8 Å². The van der Waals surface area contributed by atoms with Crippen LogP contribution in [-0.4, -0.2) is 41.8 Å². The molecule has 0 aliphatic heterocycles. The summed E-state index contributed by atoms with van der Waals surface area (Å²) < 4.78 is 0. The van der Waals surface area contributed by atoms with Gasteiger partial charge in [-0.25, -0.2) is 0 Å². The lowest BCUT2D eigenvalue weighted by Gasteiger charge is -2.28. The molecule has 7 heteroatoms. The van der Waals surface area contributed by atoms with Crippen molar-refractivity contribution in [1.29, 1.82) is 0 Å². The van der Waals surface area contributed by atoms with Crippen molar-refractivity contribution in [3.63, 3.8) is 0 Å². The Hall–Kier alpha value is -1.92. The van der Waals surface area contributed by atoms with E-state index in [0.717, 1.165) is 0 Å². The first-order valence-corrected chi connectivity index (χ1v) is 9.04. The third-order valence-electron chi connectivity index (χ3n) is 4.15. The molecular formula is C19H34N2O5. The number of carbonyl (C=O) groups is 4. The van der Waals surface area contributed by atoms with Crippen LogP contribution in [0, 0.1) is 16.7 Å². The fraction of sp³-hybridized carbons (Fsp3) is 0.789. The summed E-state index contributed by atoms with van der Waals surface area (Å²) in [6.07, 6.45) is 1.59. The molecule has 0 bridgehead atoms. The zero-order valence-electron chi connectivity index (χ0n) is 16.9. The summed E-state index contributed by atoms with van der Waals surface area (Å²) in [5, 5.41) is 14.1. The second-order valence-corrected chi connectivity index (χ2v) is 8.71. The first-order chi connectivity index (χ1) is 11.7. The molecule has 0 rings (SSSR count). The Morgan fingerprint density at radius 1 is 0.923 bits per heavy atom. The maximum atomic E-state index is 12.2. The van der Waals surface area contributed by atoms with Crippen LogP contribution in [0.25, 0.3) is 0 Å². The maximum Gasteiger partial charge on any atom is 0.304 e. The van der Waals surface area contributed by atoms with Gasteiger partial charge in [-0.3, -0.25) is 19.2 Å². The second-order valence-electron chi connectivity index (χ2n) is 8.71. The standard InChI is InChI=1S/C19H34N2O5/c1-18(2,3)13(11-16(24)25)17(26)21-12-15(23)20-10-8-7-9-14(22)19(4,5)6/h13H,7-12H2,1-6H3,(H,20,23)(H,21,26)(H,24,25). The first kappa shape index (κ1) is 24.1. The zero-order chi connectivity index (χ0) is 20.5. The van der Waals surface area contributed by atoms with Gasteiger partial charge in [0.05, 0.1) is 18.9 Å². The van der Waals surface area contributed by atoms with Gasteiger partial charge in [-0.2, -0.15) is 0 Å². The lowest BCUT2D eigenvalue weighted by Crippen LogP contribution is -2.43. The maximum absolute atomic E-state index is 12.2. The van der Waals surface area contributed by atoms with Gasteiger partial charge in [0.1, 0.15) is 5.78 Å². The molecule has 2 amide bonds. The van der Waals surface area contributed by atoms with E-state index >= 15 is 0 Å². The number of nitrogens with one attached hydrogen (secondary N) is 2. The van der Waals surface area contributed by atoms with E-state index in [2.05, 4.69) is 10.6 Å². The molecule has 0 saturated carbocycles. The van der Waals surface area contributed by atoms with Crippen LogP contribution in [0.4, 0.5) is 0 Å². The average Bonchev–Trinajstić information content (AvgIpc) is 2.47. The molecule has 0 saturated heterocycles. The highest BCUT2D eigenvalue weighted by Gasteiger charge is 2.33. The Kier molecular flexibility index (Phi) is 9.52. The second kappa shape index (κ2) is 10.3. The largest absolute Gasteiger partial charge is 0.481 e. The van der Waals surface area contributed by atoms with Gasteiger partial charge in [0.2, 0.25) is 11.8 Å². The van der Waals surface area contributed by atoms with Gasteiger partial charge in [-0.1, -0.05) is 41.5 Å². The van der Waals surface area contributed by atoms with Gasteiger partial charge >= 0.3 is 5.97 Å². The summed E-state index contributed by atoms with van der Waals surface area (Å²) in [7, 11) is 0. The first-order valence-electron chi connectivity index (χ1n) is 9.04. The molecule has 26 heavy (non-hydrogen) atoms. The molecule has 0 radical (unpaired) electrons. The van der Waals surface area contributed by atoms with Crippen molar-refractivity contribution in [1.82, 2.24) is 10.6 Å². The predicted molar refractivity (Wildman–Crippen MR) is 99.5 cm³/mol. The number of rotatable bonds is 10. The molecule has 0 aromatic rings. The number of carboxylic acids is 1. The van der Waals surface area contributed by atoms with Crippen molar-refractivity contribution in [2.75, 3.05) is 13.1 Å². The molecule has 0 aromatic heterocycles. The van der Waals surface area contributed by atoms with Crippen LogP contribution in [0.1, 0.15) is 67.2 Å². The van der Waals surface area contributed by atoms with E-state index in [9.17, 15) is 19.2 Å². The Morgan fingerprint density at radius 2 is 1.50 bits per heavy atom. The number of amides is 2. The van der Waals surface area contributed by atoms with Crippen LogP contribution in [-0.2, 0) is 19.2 Å². The lowest BCUT2D eigenvalue weighted by atomic mass is 9.78. The Bertz CT molecular complexity index is 515. The van der Waals surface area contributed by atoms with Crippen LogP contribution in [0.2, 0.25) is 0 Å². The van der Waals surface area contributed by atoms with E-state index in [-0.39, 0.29) is 30.1 Å². The quantitative estimate of drug-likeness (QED) is 0.510. The fourth-order valence-corrected chi connectivity index (χ4v) is 2.33. The van der Waals surface area contributed by atoms with Crippen molar-refractivity contribution < 1.29 is 24.3 Å². The highest BCUT2D eigenvalue weighted by Crippen LogP contribution is 2.28. The van der Waals surface area contributed by atoms with Gasteiger partial charge in [0.15, 0.2) is 0 Å². The van der Waals surface area contributed by atoms with E-state index < -0.39 is 23.2 Å². The van der Waals surface area contributed by atoms with Crippen LogP contribution in [0.5, 0.6) is 0 Å². The molecule has 0 aromatic carbocycles. The molecular weight excluding hydrogens is 336 g/mol. The molecule has 150 valence electrons. The lowest BCUT2D eigenvalue weighted by molar-refractivity contribution is -0.143. The molecule has 0 spiro atoms. The molecule has 7 nitrogen and oxygen atoms in total. The monoisotopic (exact) mass is 370 g/mol. The summed E-state index contributed by atoms with van der Waals surface area (Å²) in [6, 6.07) is 0. The third-order valence-corrected chi connectivity index (χ3v) is 4.15. The molecule has 0 aliphatic rings. The Morgan fingerprint density at radius 3 is 1.96 bits per heavy atom. The number of hydrogen-bond acceptors (Lipinski definition) is 4. The van der Waals surface area contributed by atoms with Crippen LogP contribution in [0.3, 0.4) is 0 Å². The summed E-state index contributed by atoms with van der Waals surface area (Å²) in [4.78, 5) is 46.7.